The van der Waals surface area contributed by atoms with Crippen molar-refractivity contribution in [2.24, 2.45) is 0 Å². The van der Waals surface area contributed by atoms with E-state index in [1.165, 1.54) is 5.56 Å². The van der Waals surface area contributed by atoms with Gasteiger partial charge in [-0.05, 0) is 52.4 Å². The molecular formula is C36H26BN5O2Pt. The van der Waals surface area contributed by atoms with Gasteiger partial charge in [0, 0.05) is 41.4 Å². The molecule has 9 rings (SSSR count). The fourth-order valence-electron chi connectivity index (χ4n) is 6.35. The van der Waals surface area contributed by atoms with E-state index in [9.17, 15) is 0 Å². The van der Waals surface area contributed by atoms with Gasteiger partial charge in [0.05, 0.1) is 5.69 Å². The average molecular weight is 767 g/mol. The first kappa shape index (κ1) is 27.7. The Bertz CT molecular complexity index is 2270. The first-order chi connectivity index (χ1) is 21.4. The van der Waals surface area contributed by atoms with Crippen LogP contribution in [0.4, 0.5) is 11.4 Å². The maximum absolute atomic E-state index is 6.46. The maximum Gasteiger partial charge on any atom is 2.00 e. The van der Waals surface area contributed by atoms with Crippen LogP contribution < -0.4 is 14.2 Å². The summed E-state index contributed by atoms with van der Waals surface area (Å²) in [6.07, 6.45) is 5.61. The summed E-state index contributed by atoms with van der Waals surface area (Å²) < 4.78 is 17.0. The number of para-hydroxylation sites is 3. The number of anilines is 2. The van der Waals surface area contributed by atoms with Crippen LogP contribution in [0.25, 0.3) is 39.0 Å². The van der Waals surface area contributed by atoms with Gasteiger partial charge in [0.1, 0.15) is 11.6 Å². The Morgan fingerprint density at radius 3 is 2.49 bits per heavy atom. The van der Waals surface area contributed by atoms with E-state index in [2.05, 4.69) is 102 Å². The summed E-state index contributed by atoms with van der Waals surface area (Å²) in [6, 6.07) is 35.8. The molecule has 0 fully saturated rings. The molecule has 5 heterocycles. The van der Waals surface area contributed by atoms with Crippen LogP contribution in [0.1, 0.15) is 26.3 Å². The molecule has 2 aliphatic heterocycles. The van der Waals surface area contributed by atoms with Crippen molar-refractivity contribution < 1.29 is 30.5 Å². The predicted octanol–water partition coefficient (Wildman–Crippen LogP) is 8.11. The molecule has 220 valence electrons. The van der Waals surface area contributed by atoms with Gasteiger partial charge in [-0.25, -0.2) is 4.98 Å². The molecule has 3 aromatic heterocycles. The molecular weight excluding hydrogens is 740 g/mol. The van der Waals surface area contributed by atoms with Crippen molar-refractivity contribution in [2.75, 3.05) is 4.81 Å². The van der Waals surface area contributed by atoms with Gasteiger partial charge in [0.25, 0.3) is 0 Å². The van der Waals surface area contributed by atoms with Crippen LogP contribution >= 0.6 is 0 Å². The van der Waals surface area contributed by atoms with E-state index in [1.807, 2.05) is 47.2 Å². The van der Waals surface area contributed by atoms with E-state index in [0.29, 0.717) is 11.5 Å². The molecule has 0 saturated carbocycles. The molecule has 0 bridgehead atoms. The molecule has 0 unspecified atom stereocenters. The minimum absolute atomic E-state index is 0. The van der Waals surface area contributed by atoms with Crippen LogP contribution in [0, 0.1) is 12.1 Å². The quantitative estimate of drug-likeness (QED) is 0.135. The number of hydrogen-bond acceptors (Lipinski definition) is 5. The number of hydrogen-bond donors (Lipinski definition) is 0. The van der Waals surface area contributed by atoms with Crippen LogP contribution in [0.3, 0.4) is 0 Å². The van der Waals surface area contributed by atoms with Crippen LogP contribution in [-0.4, -0.2) is 26.2 Å². The van der Waals surface area contributed by atoms with Crippen LogP contribution in [0.15, 0.2) is 104 Å². The Morgan fingerprint density at radius 1 is 0.800 bits per heavy atom. The van der Waals surface area contributed by atoms with Crippen molar-refractivity contribution >= 4 is 40.4 Å². The number of ether oxygens (including phenoxy) is 1. The first-order valence-electron chi connectivity index (χ1n) is 14.7. The van der Waals surface area contributed by atoms with Gasteiger partial charge in [-0.1, -0.05) is 74.3 Å². The number of pyridine rings is 1. The second kappa shape index (κ2) is 10.1. The molecule has 9 heteroatoms. The average Bonchev–Trinajstić information content (AvgIpc) is 3.75. The normalized spacial score (nSPS) is 13.1. The predicted molar refractivity (Wildman–Crippen MR) is 173 cm³/mol. The van der Waals surface area contributed by atoms with Crippen molar-refractivity contribution in [3.05, 3.63) is 121 Å². The van der Waals surface area contributed by atoms with Gasteiger partial charge in [-0.2, -0.15) is 6.07 Å². The topological polar surface area (TPSA) is 57.3 Å². The zero-order valence-corrected chi connectivity index (χ0v) is 27.0. The SMILES string of the molecule is CC(C)(C)c1ccnc(-n2c3[c-]c(Oc4[c-]c5c(cc4)N4B(Oc6ccccc64)n4ccnc4-5)ccc3c3ccccc32)c1.[Pt+2]. The molecule has 0 N–H and O–H groups in total. The van der Waals surface area contributed by atoms with Gasteiger partial charge in [0.15, 0.2) is 0 Å². The van der Waals surface area contributed by atoms with E-state index < -0.39 is 0 Å². The zero-order chi connectivity index (χ0) is 29.6. The van der Waals surface area contributed by atoms with Crippen molar-refractivity contribution in [1.29, 1.82) is 0 Å². The first-order valence-corrected chi connectivity index (χ1v) is 14.7. The molecule has 0 spiro atoms. The summed E-state index contributed by atoms with van der Waals surface area (Å²) in [5.74, 6) is 3.65. The number of imidazole rings is 1. The van der Waals surface area contributed by atoms with Crippen molar-refractivity contribution in [2.45, 2.75) is 26.2 Å². The van der Waals surface area contributed by atoms with Gasteiger partial charge in [0.2, 0.25) is 0 Å². The molecule has 0 aliphatic carbocycles. The Hall–Kier alpha value is -4.81. The summed E-state index contributed by atoms with van der Waals surface area (Å²) in [7, 11) is -0.333. The number of rotatable bonds is 3. The van der Waals surface area contributed by atoms with Crippen LogP contribution in [-0.2, 0) is 26.5 Å². The molecule has 0 amide bonds. The van der Waals surface area contributed by atoms with Crippen molar-refractivity contribution in [3.63, 3.8) is 0 Å². The summed E-state index contributed by atoms with van der Waals surface area (Å²) in [5, 5.41) is 2.23. The molecule has 0 saturated heterocycles. The second-order valence-corrected chi connectivity index (χ2v) is 12.2. The summed E-state index contributed by atoms with van der Waals surface area (Å²) in [4.78, 5) is 11.6. The third-order valence-corrected chi connectivity index (χ3v) is 8.48. The summed E-state index contributed by atoms with van der Waals surface area (Å²) in [6.45, 7) is 6.65. The zero-order valence-electron chi connectivity index (χ0n) is 24.8. The summed E-state index contributed by atoms with van der Waals surface area (Å²) >= 11 is 0. The molecule has 2 aliphatic rings. The maximum atomic E-state index is 6.46. The summed E-state index contributed by atoms with van der Waals surface area (Å²) in [5.41, 5.74) is 6.02. The van der Waals surface area contributed by atoms with E-state index in [1.54, 1.807) is 6.20 Å². The Morgan fingerprint density at radius 2 is 1.60 bits per heavy atom. The molecule has 0 radical (unpaired) electrons. The number of aromatic nitrogens is 4. The Balaban J connectivity index is 0.00000300. The van der Waals surface area contributed by atoms with Crippen molar-refractivity contribution in [1.82, 2.24) is 19.0 Å². The largest absolute Gasteiger partial charge is 2.00 e. The van der Waals surface area contributed by atoms with E-state index >= 15 is 0 Å². The fourth-order valence-corrected chi connectivity index (χ4v) is 6.35. The van der Waals surface area contributed by atoms with Crippen LogP contribution in [0.5, 0.6) is 17.2 Å². The Labute approximate surface area is 275 Å². The number of benzene rings is 4. The Kier molecular flexibility index (Phi) is 6.23. The smallest absolute Gasteiger partial charge is 0.522 e. The van der Waals surface area contributed by atoms with E-state index in [0.717, 1.165) is 56.1 Å². The monoisotopic (exact) mass is 766 g/mol. The van der Waals surface area contributed by atoms with E-state index in [-0.39, 0.29) is 33.7 Å². The standard InChI is InChI=1S/C36H26BN5O2.Pt/c1-36(2,3)23-16-17-38-34(20-23)41-29-9-5-4-8-26(29)27-14-12-25(22-32(27)41)43-24-13-15-30-28(21-24)35-39-18-19-40(35)37-42(30)31-10-6-7-11-33(31)44-37;/h4-20H,1-3H3;/q-2;+2. The van der Waals surface area contributed by atoms with Gasteiger partial charge >= 0.3 is 28.3 Å². The van der Waals surface area contributed by atoms with Crippen molar-refractivity contribution in [3.8, 4) is 34.5 Å². The van der Waals surface area contributed by atoms with Gasteiger partial charge in [-0.3, -0.25) is 4.98 Å². The molecule has 7 aromatic rings. The molecule has 7 nitrogen and oxygen atoms in total. The number of fused-ring (bicyclic) bond motifs is 11. The number of nitrogens with zero attached hydrogens (tertiary/aromatic N) is 5. The van der Waals surface area contributed by atoms with E-state index in [4.69, 9.17) is 14.4 Å². The third-order valence-electron chi connectivity index (χ3n) is 8.48. The molecule has 4 aromatic carbocycles. The van der Waals surface area contributed by atoms with Crippen LogP contribution in [0.2, 0.25) is 0 Å². The third kappa shape index (κ3) is 4.23. The van der Waals surface area contributed by atoms with Gasteiger partial charge in [-0.15, -0.1) is 23.6 Å². The molecule has 0 atom stereocenters. The van der Waals surface area contributed by atoms with Gasteiger partial charge < -0.3 is 23.2 Å². The second-order valence-electron chi connectivity index (χ2n) is 12.2. The minimum Gasteiger partial charge on any atom is -0.522 e. The minimum atomic E-state index is -0.333. The fraction of sp³-hybridized carbons (Fsp3) is 0.111. The molecule has 45 heavy (non-hydrogen) atoms.